The van der Waals surface area contributed by atoms with Crippen LogP contribution in [0.2, 0.25) is 0 Å². The molecule has 1 saturated heterocycles. The molecule has 0 saturated carbocycles. The van der Waals surface area contributed by atoms with Gasteiger partial charge in [0.15, 0.2) is 0 Å². The summed E-state index contributed by atoms with van der Waals surface area (Å²) in [6.45, 7) is 11.1. The Morgan fingerprint density at radius 3 is 2.43 bits per heavy atom. The van der Waals surface area contributed by atoms with Gasteiger partial charge in [-0.25, -0.2) is 0 Å². The van der Waals surface area contributed by atoms with E-state index in [0.29, 0.717) is 19.3 Å². The molecule has 0 radical (unpaired) electrons. The molecule has 0 unspecified atom stereocenters. The van der Waals surface area contributed by atoms with Gasteiger partial charge >= 0.3 is 0 Å². The van der Waals surface area contributed by atoms with Crippen LogP contribution in [-0.4, -0.2) is 42.0 Å². The largest absolute Gasteiger partial charge is 0.336 e. The minimum atomic E-state index is -0.739. The second kappa shape index (κ2) is 7.24. The predicted molar refractivity (Wildman–Crippen MR) is 84.5 cm³/mol. The van der Waals surface area contributed by atoms with Gasteiger partial charge in [-0.15, -0.1) is 0 Å². The van der Waals surface area contributed by atoms with E-state index in [9.17, 15) is 10.1 Å². The Kier molecular flexibility index (Phi) is 6.18. The van der Waals surface area contributed by atoms with Crippen molar-refractivity contribution in [1.29, 1.82) is 5.26 Å². The summed E-state index contributed by atoms with van der Waals surface area (Å²) in [4.78, 5) is 14.6. The summed E-state index contributed by atoms with van der Waals surface area (Å²) in [6.07, 6.45) is 3.08. The number of nitrogens with two attached hydrogens (primary N) is 1. The van der Waals surface area contributed by atoms with Gasteiger partial charge in [0.05, 0.1) is 12.1 Å². The molecule has 120 valence electrons. The van der Waals surface area contributed by atoms with Gasteiger partial charge in [-0.05, 0) is 37.6 Å². The third kappa shape index (κ3) is 5.64. The fraction of sp³-hybridized carbons (Fsp3) is 0.875. The summed E-state index contributed by atoms with van der Waals surface area (Å²) in [6, 6.07) is 1.76. The second-order valence-corrected chi connectivity index (χ2v) is 7.40. The summed E-state index contributed by atoms with van der Waals surface area (Å²) in [7, 11) is 0. The molecule has 0 aromatic heterocycles. The maximum atomic E-state index is 12.3. The van der Waals surface area contributed by atoms with Crippen LogP contribution in [0.5, 0.6) is 0 Å². The lowest BCUT2D eigenvalue weighted by Crippen LogP contribution is -2.58. The first kappa shape index (κ1) is 17.9. The number of carbonyl (C=O) groups is 1. The molecular weight excluding hydrogens is 264 g/mol. The second-order valence-electron chi connectivity index (χ2n) is 7.40. The number of rotatable bonds is 5. The van der Waals surface area contributed by atoms with Crippen LogP contribution in [0.15, 0.2) is 0 Å². The normalized spacial score (nSPS) is 20.6. The number of piperidine rings is 1. The number of amides is 1. The number of hydrogen-bond acceptors (Lipinski definition) is 4. The first-order valence-electron chi connectivity index (χ1n) is 7.92. The first-order valence-corrected chi connectivity index (χ1v) is 7.92. The van der Waals surface area contributed by atoms with Crippen molar-refractivity contribution in [3.05, 3.63) is 0 Å². The van der Waals surface area contributed by atoms with E-state index in [0.717, 1.165) is 26.1 Å². The highest BCUT2D eigenvalue weighted by Crippen LogP contribution is 2.24. The van der Waals surface area contributed by atoms with Crippen molar-refractivity contribution >= 4 is 5.91 Å². The molecule has 21 heavy (non-hydrogen) atoms. The number of likely N-dealkylation sites (tertiary alicyclic amines) is 1. The van der Waals surface area contributed by atoms with Crippen LogP contribution >= 0.6 is 0 Å². The Labute approximate surface area is 128 Å². The van der Waals surface area contributed by atoms with Gasteiger partial charge in [0, 0.05) is 13.1 Å². The van der Waals surface area contributed by atoms with Crippen LogP contribution in [-0.2, 0) is 4.79 Å². The van der Waals surface area contributed by atoms with E-state index >= 15 is 0 Å². The number of hydrogen-bond donors (Lipinski definition) is 2. The van der Waals surface area contributed by atoms with Crippen molar-refractivity contribution in [3.63, 3.8) is 0 Å². The zero-order valence-electron chi connectivity index (χ0n) is 13.9. The third-order valence-corrected chi connectivity index (χ3v) is 3.99. The number of nitriles is 1. The van der Waals surface area contributed by atoms with Gasteiger partial charge in [0.25, 0.3) is 0 Å². The van der Waals surface area contributed by atoms with Crippen molar-refractivity contribution in [3.8, 4) is 6.07 Å². The maximum Gasteiger partial charge on any atom is 0.238 e. The van der Waals surface area contributed by atoms with Gasteiger partial charge in [-0.2, -0.15) is 5.26 Å². The molecule has 1 aliphatic rings. The molecule has 0 spiro atoms. The van der Waals surface area contributed by atoms with Crippen molar-refractivity contribution in [2.45, 2.75) is 65.0 Å². The van der Waals surface area contributed by atoms with Crippen LogP contribution in [0.3, 0.4) is 0 Å². The van der Waals surface area contributed by atoms with Crippen LogP contribution in [0.25, 0.3) is 0 Å². The molecule has 1 rings (SSSR count). The summed E-state index contributed by atoms with van der Waals surface area (Å²) < 4.78 is 0. The topological polar surface area (TPSA) is 82.2 Å². The van der Waals surface area contributed by atoms with E-state index in [2.05, 4.69) is 44.0 Å². The van der Waals surface area contributed by atoms with Crippen LogP contribution in [0.1, 0.15) is 53.4 Å². The average Bonchev–Trinajstić information content (AvgIpc) is 2.39. The van der Waals surface area contributed by atoms with Crippen LogP contribution < -0.4 is 11.1 Å². The predicted octanol–water partition coefficient (Wildman–Crippen LogP) is 1.63. The molecule has 0 bridgehead atoms. The van der Waals surface area contributed by atoms with E-state index in [4.69, 9.17) is 5.73 Å². The Morgan fingerprint density at radius 2 is 2.00 bits per heavy atom. The van der Waals surface area contributed by atoms with E-state index in [1.807, 2.05) is 0 Å². The minimum Gasteiger partial charge on any atom is -0.336 e. The summed E-state index contributed by atoms with van der Waals surface area (Å²) in [5, 5.41) is 12.4. The highest BCUT2D eigenvalue weighted by Gasteiger charge is 2.37. The smallest absolute Gasteiger partial charge is 0.238 e. The van der Waals surface area contributed by atoms with Crippen molar-refractivity contribution in [1.82, 2.24) is 10.2 Å². The Balaban J connectivity index is 2.59. The summed E-state index contributed by atoms with van der Waals surface area (Å²) in [5.74, 6) is -0.199. The number of nitrogens with zero attached hydrogens (tertiary/aromatic N) is 2. The molecule has 5 heteroatoms. The van der Waals surface area contributed by atoms with Crippen LogP contribution in [0.4, 0.5) is 0 Å². The molecule has 1 heterocycles. The maximum absolute atomic E-state index is 12.3. The van der Waals surface area contributed by atoms with E-state index < -0.39 is 11.6 Å². The quantitative estimate of drug-likeness (QED) is 0.807. The molecule has 5 nitrogen and oxygen atoms in total. The summed E-state index contributed by atoms with van der Waals surface area (Å²) in [5.41, 5.74) is 5.24. The van der Waals surface area contributed by atoms with Crippen molar-refractivity contribution in [2.24, 2.45) is 11.1 Å². The van der Waals surface area contributed by atoms with Crippen molar-refractivity contribution in [2.75, 3.05) is 19.6 Å². The van der Waals surface area contributed by atoms with Crippen molar-refractivity contribution < 1.29 is 4.79 Å². The fourth-order valence-corrected chi connectivity index (χ4v) is 2.82. The molecule has 1 atom stereocenters. The molecule has 0 aromatic rings. The van der Waals surface area contributed by atoms with Gasteiger partial charge in [0.1, 0.15) is 5.54 Å². The zero-order chi connectivity index (χ0) is 16.1. The molecule has 0 aliphatic carbocycles. The lowest BCUT2D eigenvalue weighted by molar-refractivity contribution is -0.124. The standard InChI is InChI=1S/C16H30N4O/c1-5-8-20-9-6-16(12-17,7-10-20)19-14(21)13(18)11-15(2,3)4/h13H,5-11,18H2,1-4H3,(H,19,21)/t13-/m0/s1. The van der Waals surface area contributed by atoms with Gasteiger partial charge < -0.3 is 16.0 Å². The highest BCUT2D eigenvalue weighted by molar-refractivity contribution is 5.82. The first-order chi connectivity index (χ1) is 9.71. The third-order valence-electron chi connectivity index (χ3n) is 3.99. The lowest BCUT2D eigenvalue weighted by Gasteiger charge is -2.38. The molecular formula is C16H30N4O. The monoisotopic (exact) mass is 294 g/mol. The molecule has 1 fully saturated rings. The molecule has 1 amide bonds. The molecule has 3 N–H and O–H groups in total. The van der Waals surface area contributed by atoms with E-state index in [1.165, 1.54) is 0 Å². The SMILES string of the molecule is CCCN1CCC(C#N)(NC(=O)[C@@H](N)CC(C)(C)C)CC1. The van der Waals surface area contributed by atoms with Gasteiger partial charge in [-0.1, -0.05) is 27.7 Å². The Morgan fingerprint density at radius 1 is 1.43 bits per heavy atom. The highest BCUT2D eigenvalue weighted by atomic mass is 16.2. The number of nitrogens with one attached hydrogen (secondary N) is 1. The number of carbonyl (C=O) groups excluding carboxylic acids is 1. The fourth-order valence-electron chi connectivity index (χ4n) is 2.82. The zero-order valence-corrected chi connectivity index (χ0v) is 13.9. The Hall–Kier alpha value is -1.12. The molecule has 0 aromatic carbocycles. The van der Waals surface area contributed by atoms with E-state index in [-0.39, 0.29) is 11.3 Å². The van der Waals surface area contributed by atoms with Gasteiger partial charge in [-0.3, -0.25) is 4.79 Å². The van der Waals surface area contributed by atoms with Crippen LogP contribution in [0, 0.1) is 16.7 Å². The van der Waals surface area contributed by atoms with Gasteiger partial charge in [0.2, 0.25) is 5.91 Å². The summed E-state index contributed by atoms with van der Waals surface area (Å²) >= 11 is 0. The average molecular weight is 294 g/mol. The minimum absolute atomic E-state index is 0.00104. The van der Waals surface area contributed by atoms with E-state index in [1.54, 1.807) is 0 Å². The Bertz CT molecular complexity index is 386. The molecule has 1 aliphatic heterocycles. The lowest BCUT2D eigenvalue weighted by atomic mass is 9.86.